The number of carbonyl (C=O) groups excluding carboxylic acids is 2. The van der Waals surface area contributed by atoms with E-state index in [0.29, 0.717) is 17.2 Å². The Morgan fingerprint density at radius 1 is 1.47 bits per heavy atom. The van der Waals surface area contributed by atoms with Crippen LogP contribution in [0.15, 0.2) is 18.2 Å². The molecule has 17 heavy (non-hydrogen) atoms. The van der Waals surface area contributed by atoms with Crippen LogP contribution in [0.4, 0.5) is 0 Å². The van der Waals surface area contributed by atoms with Gasteiger partial charge in [0.2, 0.25) is 5.91 Å². The minimum Gasteiger partial charge on any atom is -0.366 e. The average molecular weight is 231 g/mol. The molecule has 1 fully saturated rings. The van der Waals surface area contributed by atoms with Gasteiger partial charge in [0.25, 0.3) is 5.91 Å². The van der Waals surface area contributed by atoms with Gasteiger partial charge in [-0.2, -0.15) is 0 Å². The Morgan fingerprint density at radius 3 is 2.71 bits per heavy atom. The van der Waals surface area contributed by atoms with Crippen LogP contribution in [0.2, 0.25) is 0 Å². The lowest BCUT2D eigenvalue weighted by atomic mass is 10.1. The summed E-state index contributed by atoms with van der Waals surface area (Å²) in [7, 11) is 0. The van der Waals surface area contributed by atoms with Gasteiger partial charge in [-0.1, -0.05) is 0 Å². The fourth-order valence-corrected chi connectivity index (χ4v) is 2.11. The molecule has 1 unspecified atom stereocenters. The topological polar surface area (TPSA) is 63.4 Å². The fraction of sp³-hybridized carbons (Fsp3) is 0.385. The van der Waals surface area contributed by atoms with E-state index in [4.69, 9.17) is 5.73 Å². The Balaban J connectivity index is 2.17. The van der Waals surface area contributed by atoms with E-state index in [-0.39, 0.29) is 5.91 Å². The predicted octanol–water partition coefficient (Wildman–Crippen LogP) is 1.21. The molecule has 2 rings (SSSR count). The van der Waals surface area contributed by atoms with Crippen molar-refractivity contribution in [2.45, 2.75) is 25.8 Å². The van der Waals surface area contributed by atoms with Crippen LogP contribution in [0, 0.1) is 6.07 Å². The van der Waals surface area contributed by atoms with Crippen LogP contribution in [0.3, 0.4) is 0 Å². The molecule has 1 aromatic carbocycles. The second-order valence-electron chi connectivity index (χ2n) is 4.35. The van der Waals surface area contributed by atoms with E-state index in [1.807, 2.05) is 11.8 Å². The molecule has 4 nitrogen and oxygen atoms in total. The number of hydrogen-bond acceptors (Lipinski definition) is 2. The van der Waals surface area contributed by atoms with E-state index in [9.17, 15) is 9.59 Å². The molecule has 0 aromatic heterocycles. The number of nitrogens with two attached hydrogens (primary N) is 1. The third-order valence-electron chi connectivity index (χ3n) is 3.14. The van der Waals surface area contributed by atoms with Crippen molar-refractivity contribution in [2.24, 2.45) is 5.73 Å². The Bertz CT molecular complexity index is 439. The van der Waals surface area contributed by atoms with Crippen molar-refractivity contribution in [3.63, 3.8) is 0 Å². The summed E-state index contributed by atoms with van der Waals surface area (Å²) < 4.78 is 0. The van der Waals surface area contributed by atoms with Crippen LogP contribution in [-0.4, -0.2) is 29.3 Å². The van der Waals surface area contributed by atoms with Crippen molar-refractivity contribution in [2.75, 3.05) is 6.54 Å². The molecule has 1 aromatic rings. The minimum atomic E-state index is -0.529. The predicted molar refractivity (Wildman–Crippen MR) is 63.5 cm³/mol. The maximum atomic E-state index is 12.1. The SMILES string of the molecule is CC1CCCN1C(=O)c1c[c]c(C(N)=O)cc1. The number of primary amides is 1. The highest BCUT2D eigenvalue weighted by Crippen LogP contribution is 2.19. The molecule has 2 N–H and O–H groups in total. The van der Waals surface area contributed by atoms with Gasteiger partial charge in [-0.3, -0.25) is 9.59 Å². The summed E-state index contributed by atoms with van der Waals surface area (Å²) in [6.45, 7) is 2.85. The summed E-state index contributed by atoms with van der Waals surface area (Å²) in [6.07, 6.45) is 2.10. The fourth-order valence-electron chi connectivity index (χ4n) is 2.11. The molecule has 1 atom stereocenters. The number of rotatable bonds is 2. The van der Waals surface area contributed by atoms with Crippen LogP contribution in [-0.2, 0) is 0 Å². The molecule has 1 heterocycles. The molecule has 1 aliphatic rings. The molecular formula is C13H15N2O2. The standard InChI is InChI=1S/C13H15N2O2/c1-9-3-2-8-15(9)13(17)11-6-4-10(5-7-11)12(14)16/h4,6-7,9H,2-3,8H2,1H3,(H2,14,16). The van der Waals surface area contributed by atoms with Crippen molar-refractivity contribution in [1.82, 2.24) is 4.90 Å². The first-order valence-electron chi connectivity index (χ1n) is 5.72. The lowest BCUT2D eigenvalue weighted by molar-refractivity contribution is 0.0747. The van der Waals surface area contributed by atoms with Crippen molar-refractivity contribution < 1.29 is 9.59 Å². The molecule has 0 aliphatic carbocycles. The van der Waals surface area contributed by atoms with E-state index >= 15 is 0 Å². The first kappa shape index (κ1) is 11.6. The Hall–Kier alpha value is -1.84. The second-order valence-corrected chi connectivity index (χ2v) is 4.35. The number of likely N-dealkylation sites (tertiary alicyclic amines) is 1. The van der Waals surface area contributed by atoms with Crippen LogP contribution in [0.1, 0.15) is 40.5 Å². The molecule has 0 saturated carbocycles. The summed E-state index contributed by atoms with van der Waals surface area (Å²) >= 11 is 0. The molecule has 0 bridgehead atoms. The third kappa shape index (κ3) is 2.30. The summed E-state index contributed by atoms with van der Waals surface area (Å²) in [5.41, 5.74) is 5.98. The first-order valence-corrected chi connectivity index (χ1v) is 5.72. The lowest BCUT2D eigenvalue weighted by Crippen LogP contribution is -2.33. The highest BCUT2D eigenvalue weighted by atomic mass is 16.2. The van der Waals surface area contributed by atoms with Crippen LogP contribution >= 0.6 is 0 Å². The lowest BCUT2D eigenvalue weighted by Gasteiger charge is -2.21. The maximum Gasteiger partial charge on any atom is 0.254 e. The van der Waals surface area contributed by atoms with E-state index < -0.39 is 5.91 Å². The molecule has 1 radical (unpaired) electrons. The number of nitrogens with zero attached hydrogens (tertiary/aromatic N) is 1. The minimum absolute atomic E-state index is 0.00210. The van der Waals surface area contributed by atoms with Crippen molar-refractivity contribution in [1.29, 1.82) is 0 Å². The van der Waals surface area contributed by atoms with Crippen LogP contribution in [0.25, 0.3) is 0 Å². The van der Waals surface area contributed by atoms with Gasteiger partial charge >= 0.3 is 0 Å². The van der Waals surface area contributed by atoms with Gasteiger partial charge in [-0.05, 0) is 44.0 Å². The monoisotopic (exact) mass is 231 g/mol. The molecule has 4 heteroatoms. The number of amides is 2. The van der Waals surface area contributed by atoms with Gasteiger partial charge in [-0.25, -0.2) is 0 Å². The van der Waals surface area contributed by atoms with Crippen LogP contribution in [0.5, 0.6) is 0 Å². The zero-order valence-electron chi connectivity index (χ0n) is 9.77. The van der Waals surface area contributed by atoms with Gasteiger partial charge in [-0.15, -0.1) is 0 Å². The maximum absolute atomic E-state index is 12.1. The van der Waals surface area contributed by atoms with Gasteiger partial charge in [0.1, 0.15) is 0 Å². The van der Waals surface area contributed by atoms with Gasteiger partial charge in [0.05, 0.1) is 0 Å². The second kappa shape index (κ2) is 4.57. The van der Waals surface area contributed by atoms with E-state index in [1.54, 1.807) is 6.07 Å². The van der Waals surface area contributed by atoms with Crippen molar-refractivity contribution >= 4 is 11.8 Å². The third-order valence-corrected chi connectivity index (χ3v) is 3.14. The summed E-state index contributed by atoms with van der Waals surface area (Å²) in [6, 6.07) is 7.73. The normalized spacial score (nSPS) is 19.4. The number of benzene rings is 1. The number of hydrogen-bond donors (Lipinski definition) is 1. The average Bonchev–Trinajstić information content (AvgIpc) is 2.74. The van der Waals surface area contributed by atoms with E-state index in [2.05, 4.69) is 6.07 Å². The molecule has 1 aliphatic heterocycles. The zero-order chi connectivity index (χ0) is 12.4. The Labute approximate surface area is 100 Å². The van der Waals surface area contributed by atoms with Crippen molar-refractivity contribution in [3.05, 3.63) is 35.4 Å². The highest BCUT2D eigenvalue weighted by molar-refractivity contribution is 5.97. The molecule has 2 amide bonds. The van der Waals surface area contributed by atoms with E-state index in [1.165, 1.54) is 12.1 Å². The van der Waals surface area contributed by atoms with Crippen molar-refractivity contribution in [3.8, 4) is 0 Å². The van der Waals surface area contributed by atoms with Gasteiger partial charge in [0.15, 0.2) is 0 Å². The molecule has 0 spiro atoms. The Morgan fingerprint density at radius 2 is 2.24 bits per heavy atom. The van der Waals surface area contributed by atoms with E-state index in [0.717, 1.165) is 19.4 Å². The number of carbonyl (C=O) groups is 2. The largest absolute Gasteiger partial charge is 0.366 e. The Kier molecular flexibility index (Phi) is 3.13. The molecule has 1 saturated heterocycles. The quantitative estimate of drug-likeness (QED) is 0.831. The summed E-state index contributed by atoms with van der Waals surface area (Å²) in [5, 5.41) is 0. The zero-order valence-corrected chi connectivity index (χ0v) is 9.77. The summed E-state index contributed by atoms with van der Waals surface area (Å²) in [4.78, 5) is 24.9. The smallest absolute Gasteiger partial charge is 0.254 e. The summed E-state index contributed by atoms with van der Waals surface area (Å²) in [5.74, 6) is -0.527. The highest BCUT2D eigenvalue weighted by Gasteiger charge is 2.25. The van der Waals surface area contributed by atoms with Gasteiger partial charge < -0.3 is 10.6 Å². The van der Waals surface area contributed by atoms with Gasteiger partial charge in [0, 0.05) is 23.7 Å². The molecular weight excluding hydrogens is 216 g/mol. The molecule has 89 valence electrons. The van der Waals surface area contributed by atoms with Crippen LogP contribution < -0.4 is 5.73 Å². The first-order chi connectivity index (χ1) is 8.09.